The number of rotatable bonds is 16. The number of carbonyl (C=O) groups is 1. The highest BCUT2D eigenvalue weighted by Gasteiger charge is 2.42. The Morgan fingerprint density at radius 3 is 1.93 bits per heavy atom. The smallest absolute Gasteiger partial charge is 0.234 e. The first-order valence-corrected chi connectivity index (χ1v) is 13.8. The Kier molecular flexibility index (Phi) is 12.6. The second kappa shape index (κ2) is 16.9. The molecule has 1 amide bonds. The molecule has 3 aromatic rings. The van der Waals surface area contributed by atoms with Gasteiger partial charge in [0.1, 0.15) is 18.3 Å². The summed E-state index contributed by atoms with van der Waals surface area (Å²) in [5.74, 6) is -0.117. The summed E-state index contributed by atoms with van der Waals surface area (Å²) in [5.41, 5.74) is 3.21. The summed E-state index contributed by atoms with van der Waals surface area (Å²) in [6.45, 7) is 3.04. The molecule has 1 aliphatic heterocycles. The van der Waals surface area contributed by atoms with Gasteiger partial charge in [0.2, 0.25) is 5.91 Å². The fraction of sp³-hybridized carbons (Fsp3) is 0.406. The minimum atomic E-state index is -0.428. The van der Waals surface area contributed by atoms with Crippen LogP contribution in [0.4, 0.5) is 0 Å². The van der Waals surface area contributed by atoms with Gasteiger partial charge in [-0.3, -0.25) is 4.79 Å². The lowest BCUT2D eigenvalue weighted by atomic mass is 9.97. The maximum atomic E-state index is 12.4. The van der Waals surface area contributed by atoms with Gasteiger partial charge in [-0.1, -0.05) is 91.0 Å². The highest BCUT2D eigenvalue weighted by Crippen LogP contribution is 2.25. The summed E-state index contributed by atoms with van der Waals surface area (Å²) in [4.78, 5) is 12.4. The maximum absolute atomic E-state index is 12.4. The van der Waals surface area contributed by atoms with Gasteiger partial charge < -0.3 is 34.3 Å². The molecule has 3 aromatic carbocycles. The number of methoxy groups -OCH3 is 1. The zero-order valence-corrected chi connectivity index (χ0v) is 23.1. The monoisotopic (exact) mass is 548 g/mol. The molecule has 0 unspecified atom stereocenters. The third kappa shape index (κ3) is 9.82. The van der Waals surface area contributed by atoms with Crippen molar-refractivity contribution in [3.05, 3.63) is 108 Å². The van der Waals surface area contributed by atoms with Crippen LogP contribution in [-0.2, 0) is 48.3 Å². The fourth-order valence-electron chi connectivity index (χ4n) is 4.57. The first-order valence-electron chi connectivity index (χ1n) is 13.8. The SMILES string of the molecule is COCCNC(=O)CN[C@H]1CO[C@H](COCc2ccccc2)[C@H](OCc2ccccc2)[C@@H]1OCc1ccccc1. The van der Waals surface area contributed by atoms with Crippen LogP contribution in [0.15, 0.2) is 91.0 Å². The van der Waals surface area contributed by atoms with Gasteiger partial charge in [-0.15, -0.1) is 0 Å². The standard InChI is InChI=1S/C32H40N2O6/c1-36-18-17-33-30(35)19-34-28-23-38-29(24-37-20-25-11-5-2-6-12-25)32(40-22-27-15-9-4-10-16-27)31(28)39-21-26-13-7-3-8-14-26/h2-16,28-29,31-32,34H,17-24H2,1H3,(H,33,35)/t28-,29+,31+,32-/m0/s1. The molecule has 2 N–H and O–H groups in total. The zero-order valence-electron chi connectivity index (χ0n) is 23.1. The normalized spacial score (nSPS) is 20.7. The van der Waals surface area contributed by atoms with Crippen LogP contribution in [0.2, 0.25) is 0 Å². The topological polar surface area (TPSA) is 87.3 Å². The number of amides is 1. The van der Waals surface area contributed by atoms with Crippen LogP contribution in [0.3, 0.4) is 0 Å². The number of hydrogen-bond donors (Lipinski definition) is 2. The third-order valence-electron chi connectivity index (χ3n) is 6.69. The molecule has 40 heavy (non-hydrogen) atoms. The summed E-state index contributed by atoms with van der Waals surface area (Å²) >= 11 is 0. The van der Waals surface area contributed by atoms with Crippen molar-refractivity contribution in [2.45, 2.75) is 44.2 Å². The molecule has 0 bridgehead atoms. The fourth-order valence-corrected chi connectivity index (χ4v) is 4.57. The summed E-state index contributed by atoms with van der Waals surface area (Å²) in [6.07, 6.45) is -1.15. The van der Waals surface area contributed by atoms with Crippen molar-refractivity contribution in [1.82, 2.24) is 10.6 Å². The Hall–Kier alpha value is -3.11. The molecule has 1 saturated heterocycles. The van der Waals surface area contributed by atoms with Crippen molar-refractivity contribution in [1.29, 1.82) is 0 Å². The van der Waals surface area contributed by atoms with E-state index in [1.165, 1.54) is 0 Å². The Morgan fingerprint density at radius 2 is 1.35 bits per heavy atom. The Bertz CT molecular complexity index is 1100. The molecule has 1 fully saturated rings. The molecule has 4 rings (SSSR count). The van der Waals surface area contributed by atoms with Crippen molar-refractivity contribution in [3.8, 4) is 0 Å². The van der Waals surface area contributed by atoms with Crippen LogP contribution in [0.25, 0.3) is 0 Å². The highest BCUT2D eigenvalue weighted by molar-refractivity contribution is 5.78. The van der Waals surface area contributed by atoms with E-state index >= 15 is 0 Å². The van der Waals surface area contributed by atoms with Crippen LogP contribution in [-0.4, -0.2) is 70.3 Å². The molecule has 4 atom stereocenters. The molecule has 1 aliphatic rings. The maximum Gasteiger partial charge on any atom is 0.234 e. The zero-order chi connectivity index (χ0) is 27.8. The number of nitrogens with one attached hydrogen (secondary N) is 2. The summed E-state index contributed by atoms with van der Waals surface area (Å²) in [7, 11) is 1.61. The molecule has 0 radical (unpaired) electrons. The molecule has 8 nitrogen and oxygen atoms in total. The van der Waals surface area contributed by atoms with Gasteiger partial charge in [0, 0.05) is 13.7 Å². The van der Waals surface area contributed by atoms with Crippen LogP contribution in [0.1, 0.15) is 16.7 Å². The first kappa shape index (κ1) is 29.9. The third-order valence-corrected chi connectivity index (χ3v) is 6.69. The lowest BCUT2D eigenvalue weighted by Gasteiger charge is -2.42. The number of hydrogen-bond acceptors (Lipinski definition) is 7. The Morgan fingerprint density at radius 1 is 0.800 bits per heavy atom. The number of carbonyl (C=O) groups excluding carboxylic acids is 1. The van der Waals surface area contributed by atoms with Crippen molar-refractivity contribution >= 4 is 5.91 Å². The largest absolute Gasteiger partial charge is 0.383 e. The minimum Gasteiger partial charge on any atom is -0.383 e. The van der Waals surface area contributed by atoms with E-state index in [1.54, 1.807) is 7.11 Å². The molecular formula is C32H40N2O6. The molecule has 0 aromatic heterocycles. The quantitative estimate of drug-likeness (QED) is 0.265. The van der Waals surface area contributed by atoms with E-state index in [0.29, 0.717) is 46.2 Å². The minimum absolute atomic E-state index is 0.117. The lowest BCUT2D eigenvalue weighted by molar-refractivity contribution is -0.208. The molecule has 1 heterocycles. The van der Waals surface area contributed by atoms with E-state index in [9.17, 15) is 4.79 Å². The summed E-state index contributed by atoms with van der Waals surface area (Å²) in [5, 5.41) is 6.19. The summed E-state index contributed by atoms with van der Waals surface area (Å²) in [6, 6.07) is 29.9. The summed E-state index contributed by atoms with van der Waals surface area (Å²) < 4.78 is 30.5. The predicted molar refractivity (Wildman–Crippen MR) is 153 cm³/mol. The second-order valence-corrected chi connectivity index (χ2v) is 9.73. The van der Waals surface area contributed by atoms with E-state index in [0.717, 1.165) is 16.7 Å². The van der Waals surface area contributed by atoms with Gasteiger partial charge in [-0.05, 0) is 16.7 Å². The van der Waals surface area contributed by atoms with Crippen molar-refractivity contribution in [2.75, 3.05) is 40.0 Å². The van der Waals surface area contributed by atoms with Crippen molar-refractivity contribution in [3.63, 3.8) is 0 Å². The van der Waals surface area contributed by atoms with Crippen molar-refractivity contribution < 1.29 is 28.5 Å². The number of ether oxygens (including phenoxy) is 5. The van der Waals surface area contributed by atoms with Crippen LogP contribution < -0.4 is 10.6 Å². The molecule has 214 valence electrons. The van der Waals surface area contributed by atoms with Crippen LogP contribution >= 0.6 is 0 Å². The average Bonchev–Trinajstić information content (AvgIpc) is 3.00. The van der Waals surface area contributed by atoms with Gasteiger partial charge in [0.25, 0.3) is 0 Å². The van der Waals surface area contributed by atoms with Crippen LogP contribution in [0.5, 0.6) is 0 Å². The molecule has 0 spiro atoms. The predicted octanol–water partition coefficient (Wildman–Crippen LogP) is 3.49. The van der Waals surface area contributed by atoms with Gasteiger partial charge >= 0.3 is 0 Å². The lowest BCUT2D eigenvalue weighted by Crippen LogP contribution is -2.61. The van der Waals surface area contributed by atoms with E-state index < -0.39 is 6.10 Å². The van der Waals surface area contributed by atoms with Crippen LogP contribution in [0, 0.1) is 0 Å². The van der Waals surface area contributed by atoms with E-state index in [4.69, 9.17) is 23.7 Å². The van der Waals surface area contributed by atoms with E-state index in [-0.39, 0.29) is 30.7 Å². The molecule has 8 heteroatoms. The average molecular weight is 549 g/mol. The Labute approximate surface area is 236 Å². The van der Waals surface area contributed by atoms with Gasteiger partial charge in [0.15, 0.2) is 0 Å². The van der Waals surface area contributed by atoms with Gasteiger partial charge in [0.05, 0.1) is 52.2 Å². The van der Waals surface area contributed by atoms with Gasteiger partial charge in [-0.25, -0.2) is 0 Å². The Balaban J connectivity index is 1.47. The first-order chi connectivity index (χ1) is 19.7. The molecule has 0 saturated carbocycles. The molecule has 0 aliphatic carbocycles. The van der Waals surface area contributed by atoms with Crippen molar-refractivity contribution in [2.24, 2.45) is 0 Å². The number of benzene rings is 3. The van der Waals surface area contributed by atoms with E-state index in [2.05, 4.69) is 10.6 Å². The van der Waals surface area contributed by atoms with Gasteiger partial charge in [-0.2, -0.15) is 0 Å². The highest BCUT2D eigenvalue weighted by atomic mass is 16.6. The van der Waals surface area contributed by atoms with E-state index in [1.807, 2.05) is 91.0 Å². The molecular weight excluding hydrogens is 508 g/mol. The second-order valence-electron chi connectivity index (χ2n) is 9.73.